The van der Waals surface area contributed by atoms with Crippen LogP contribution in [0.25, 0.3) is 0 Å². The van der Waals surface area contributed by atoms with Gasteiger partial charge < -0.3 is 4.74 Å². The molecule has 0 spiro atoms. The smallest absolute Gasteiger partial charge is 0.413 e. The standard InChI is InChI=1S/C7H11N3O3S/c1-13-7(12)9-5(11)4-10-2-3-14-6(10)8/h8H,2-4H2,1H3,(H,9,11,12)/p+1. The van der Waals surface area contributed by atoms with Crippen molar-refractivity contribution in [3.8, 4) is 0 Å². The second-order valence-electron chi connectivity index (χ2n) is 2.65. The highest BCUT2D eigenvalue weighted by Crippen LogP contribution is 2.06. The van der Waals surface area contributed by atoms with E-state index in [4.69, 9.17) is 5.73 Å². The number of rotatable bonds is 2. The number of thioether (sulfide) groups is 1. The summed E-state index contributed by atoms with van der Waals surface area (Å²) in [5, 5.41) is 2.67. The number of hydrogen-bond acceptors (Lipinski definition) is 5. The van der Waals surface area contributed by atoms with Gasteiger partial charge in [-0.3, -0.25) is 15.8 Å². The van der Waals surface area contributed by atoms with E-state index in [9.17, 15) is 9.59 Å². The first kappa shape index (κ1) is 10.8. The molecule has 6 nitrogen and oxygen atoms in total. The molecule has 0 aromatic rings. The van der Waals surface area contributed by atoms with E-state index < -0.39 is 12.0 Å². The number of carbonyl (C=O) groups excluding carboxylic acids is 2. The minimum atomic E-state index is -0.750. The molecule has 0 saturated heterocycles. The summed E-state index contributed by atoms with van der Waals surface area (Å²) in [6, 6.07) is 0. The first-order valence-electron chi connectivity index (χ1n) is 4.01. The van der Waals surface area contributed by atoms with Crippen molar-refractivity contribution in [2.24, 2.45) is 5.73 Å². The Bertz CT molecular complexity index is 290. The van der Waals surface area contributed by atoms with Crippen LogP contribution in [0.1, 0.15) is 0 Å². The van der Waals surface area contributed by atoms with Gasteiger partial charge in [-0.25, -0.2) is 9.37 Å². The van der Waals surface area contributed by atoms with Crippen molar-refractivity contribution in [1.29, 1.82) is 0 Å². The molecule has 0 aromatic carbocycles. The van der Waals surface area contributed by atoms with Gasteiger partial charge in [-0.15, -0.1) is 0 Å². The molecule has 0 bridgehead atoms. The Morgan fingerprint density at radius 2 is 2.43 bits per heavy atom. The van der Waals surface area contributed by atoms with Gasteiger partial charge in [0.05, 0.1) is 13.7 Å². The summed E-state index contributed by atoms with van der Waals surface area (Å²) in [5.74, 6) is 0.458. The first-order chi connectivity index (χ1) is 6.63. The minimum Gasteiger partial charge on any atom is -0.453 e. The van der Waals surface area contributed by atoms with Crippen molar-refractivity contribution in [3.63, 3.8) is 0 Å². The normalized spacial score (nSPS) is 15.5. The van der Waals surface area contributed by atoms with Gasteiger partial charge in [-0.1, -0.05) is 0 Å². The first-order valence-corrected chi connectivity index (χ1v) is 5.00. The van der Waals surface area contributed by atoms with Crippen molar-refractivity contribution in [3.05, 3.63) is 0 Å². The quantitative estimate of drug-likeness (QED) is 0.577. The van der Waals surface area contributed by atoms with Crippen LogP contribution < -0.4 is 11.1 Å². The second-order valence-corrected chi connectivity index (χ2v) is 3.76. The highest BCUT2D eigenvalue weighted by Gasteiger charge is 2.21. The van der Waals surface area contributed by atoms with Crippen LogP contribution in [0.5, 0.6) is 0 Å². The molecule has 0 saturated carbocycles. The Morgan fingerprint density at radius 3 is 2.93 bits per heavy atom. The van der Waals surface area contributed by atoms with Gasteiger partial charge in [-0.05, 0) is 11.8 Å². The summed E-state index contributed by atoms with van der Waals surface area (Å²) in [7, 11) is 1.20. The molecular weight excluding hydrogens is 206 g/mol. The van der Waals surface area contributed by atoms with E-state index in [-0.39, 0.29) is 6.54 Å². The van der Waals surface area contributed by atoms with Gasteiger partial charge >= 0.3 is 11.3 Å². The van der Waals surface area contributed by atoms with Gasteiger partial charge in [0.25, 0.3) is 5.91 Å². The van der Waals surface area contributed by atoms with Crippen molar-refractivity contribution in [2.75, 3.05) is 26.0 Å². The van der Waals surface area contributed by atoms with E-state index >= 15 is 0 Å². The molecule has 14 heavy (non-hydrogen) atoms. The lowest BCUT2D eigenvalue weighted by Gasteiger charge is -2.02. The van der Waals surface area contributed by atoms with Crippen molar-refractivity contribution >= 4 is 28.9 Å². The number of hydrogen-bond donors (Lipinski definition) is 2. The van der Waals surface area contributed by atoms with Gasteiger partial charge in [0.15, 0.2) is 6.54 Å². The number of imide groups is 1. The Balaban J connectivity index is 2.41. The molecule has 0 aromatic heterocycles. The average Bonchev–Trinajstić information content (AvgIpc) is 2.51. The van der Waals surface area contributed by atoms with E-state index in [1.165, 1.54) is 18.9 Å². The third-order valence-corrected chi connectivity index (χ3v) is 2.62. The average molecular weight is 218 g/mol. The highest BCUT2D eigenvalue weighted by atomic mass is 32.2. The number of nitrogens with two attached hydrogens (primary N) is 1. The minimum absolute atomic E-state index is 0.0912. The van der Waals surface area contributed by atoms with Gasteiger partial charge in [-0.2, -0.15) is 0 Å². The van der Waals surface area contributed by atoms with E-state index in [0.717, 1.165) is 12.3 Å². The zero-order chi connectivity index (χ0) is 10.6. The molecule has 0 unspecified atom stereocenters. The molecule has 1 aliphatic rings. The number of carbonyl (C=O) groups is 2. The largest absolute Gasteiger partial charge is 0.453 e. The summed E-state index contributed by atoms with van der Waals surface area (Å²) in [6.07, 6.45) is -0.750. The summed E-state index contributed by atoms with van der Waals surface area (Å²) in [6.45, 7) is 0.818. The van der Waals surface area contributed by atoms with Crippen LogP contribution in [0.4, 0.5) is 4.79 Å². The van der Waals surface area contributed by atoms with E-state index in [1.807, 2.05) is 0 Å². The van der Waals surface area contributed by atoms with Gasteiger partial charge in [0.1, 0.15) is 0 Å². The van der Waals surface area contributed by atoms with Gasteiger partial charge in [0.2, 0.25) is 0 Å². The Hall–Kier alpha value is -1.24. The Morgan fingerprint density at radius 1 is 1.71 bits per heavy atom. The molecule has 1 rings (SSSR count). The predicted octanol–water partition coefficient (Wildman–Crippen LogP) is -1.06. The lowest BCUT2D eigenvalue weighted by Crippen LogP contribution is -2.38. The number of ether oxygens (including phenoxy) is 1. The van der Waals surface area contributed by atoms with E-state index in [2.05, 4.69) is 10.1 Å². The number of nitrogens with one attached hydrogen (secondary N) is 1. The summed E-state index contributed by atoms with van der Waals surface area (Å²) in [5.41, 5.74) is 5.60. The molecule has 78 valence electrons. The van der Waals surface area contributed by atoms with Crippen LogP contribution in [0.3, 0.4) is 0 Å². The SMILES string of the molecule is COC(=O)NC(=O)C[N+]1=C(N)SCC1. The Kier molecular flexibility index (Phi) is 3.75. The number of alkyl carbamates (subject to hydrolysis) is 1. The van der Waals surface area contributed by atoms with Crippen molar-refractivity contribution < 1.29 is 18.9 Å². The van der Waals surface area contributed by atoms with Crippen LogP contribution in [0.15, 0.2) is 0 Å². The number of nitrogens with zero attached hydrogens (tertiary/aromatic N) is 1. The topological polar surface area (TPSA) is 84.4 Å². The van der Waals surface area contributed by atoms with Crippen molar-refractivity contribution in [1.82, 2.24) is 5.32 Å². The molecule has 1 aliphatic heterocycles. The molecule has 1 heterocycles. The zero-order valence-electron chi connectivity index (χ0n) is 7.78. The fraction of sp³-hybridized carbons (Fsp3) is 0.571. The lowest BCUT2D eigenvalue weighted by molar-refractivity contribution is -0.506. The van der Waals surface area contributed by atoms with E-state index in [1.54, 1.807) is 4.58 Å². The maximum absolute atomic E-state index is 11.2. The maximum Gasteiger partial charge on any atom is 0.413 e. The van der Waals surface area contributed by atoms with Crippen LogP contribution in [-0.4, -0.2) is 47.7 Å². The second kappa shape index (κ2) is 4.85. The zero-order valence-corrected chi connectivity index (χ0v) is 8.60. The van der Waals surface area contributed by atoms with Crippen LogP contribution >= 0.6 is 11.8 Å². The molecular formula is C7H12N3O3S+. The van der Waals surface area contributed by atoms with E-state index in [0.29, 0.717) is 5.17 Å². The predicted molar refractivity (Wildman–Crippen MR) is 52.2 cm³/mol. The van der Waals surface area contributed by atoms with Crippen LogP contribution in [0, 0.1) is 0 Å². The summed E-state index contributed by atoms with van der Waals surface area (Å²) >= 11 is 1.50. The van der Waals surface area contributed by atoms with Crippen LogP contribution in [0.2, 0.25) is 0 Å². The summed E-state index contributed by atoms with van der Waals surface area (Å²) < 4.78 is 5.99. The Labute approximate surface area is 85.5 Å². The molecule has 3 N–H and O–H groups in total. The number of amidine groups is 1. The van der Waals surface area contributed by atoms with Crippen LogP contribution in [-0.2, 0) is 9.53 Å². The third-order valence-electron chi connectivity index (χ3n) is 1.68. The molecule has 0 atom stereocenters. The molecule has 0 radical (unpaired) electrons. The monoisotopic (exact) mass is 218 g/mol. The molecule has 7 heteroatoms. The molecule has 2 amide bonds. The molecule has 0 fully saturated rings. The number of amides is 2. The summed E-state index contributed by atoms with van der Waals surface area (Å²) in [4.78, 5) is 21.8. The fourth-order valence-electron chi connectivity index (χ4n) is 0.997. The number of methoxy groups -OCH3 is 1. The van der Waals surface area contributed by atoms with Crippen molar-refractivity contribution in [2.45, 2.75) is 0 Å². The lowest BCUT2D eigenvalue weighted by atomic mass is 10.5. The van der Waals surface area contributed by atoms with Gasteiger partial charge in [0, 0.05) is 5.75 Å². The third kappa shape index (κ3) is 2.91. The molecule has 0 aliphatic carbocycles. The highest BCUT2D eigenvalue weighted by molar-refractivity contribution is 8.13. The maximum atomic E-state index is 11.2. The fourth-order valence-corrected chi connectivity index (χ4v) is 1.86.